The summed E-state index contributed by atoms with van der Waals surface area (Å²) in [5.74, 6) is -0.436. The van der Waals surface area contributed by atoms with Gasteiger partial charge in [0.1, 0.15) is 6.61 Å². The number of esters is 1. The van der Waals surface area contributed by atoms with Crippen LogP contribution in [-0.4, -0.2) is 25.9 Å². The van der Waals surface area contributed by atoms with Crippen LogP contribution in [0.3, 0.4) is 0 Å². The van der Waals surface area contributed by atoms with Gasteiger partial charge in [0.25, 0.3) is 0 Å². The van der Waals surface area contributed by atoms with Crippen molar-refractivity contribution in [3.63, 3.8) is 0 Å². The van der Waals surface area contributed by atoms with E-state index in [2.05, 4.69) is 19.9 Å². The third kappa shape index (κ3) is 4.07. The summed E-state index contributed by atoms with van der Waals surface area (Å²) in [4.78, 5) is 29.4. The lowest BCUT2D eigenvalue weighted by atomic mass is 10.2. The van der Waals surface area contributed by atoms with Gasteiger partial charge in [-0.2, -0.15) is 0 Å². The van der Waals surface area contributed by atoms with E-state index >= 15 is 0 Å². The number of hydrogen-bond donors (Lipinski definition) is 0. The number of aromatic nitrogens is 4. The van der Waals surface area contributed by atoms with E-state index in [0.29, 0.717) is 11.3 Å². The first-order valence-electron chi connectivity index (χ1n) is 8.70. The predicted molar refractivity (Wildman–Crippen MR) is 104 cm³/mol. The highest BCUT2D eigenvalue weighted by molar-refractivity contribution is 5.89. The van der Waals surface area contributed by atoms with Gasteiger partial charge in [-0.05, 0) is 42.5 Å². The molecule has 0 amide bonds. The van der Waals surface area contributed by atoms with Crippen LogP contribution in [-0.2, 0) is 11.3 Å². The van der Waals surface area contributed by atoms with Crippen LogP contribution >= 0.6 is 0 Å². The van der Waals surface area contributed by atoms with E-state index < -0.39 is 5.97 Å². The lowest BCUT2D eigenvalue weighted by Gasteiger charge is -2.06. The van der Waals surface area contributed by atoms with Gasteiger partial charge in [0, 0.05) is 30.4 Å². The van der Waals surface area contributed by atoms with Gasteiger partial charge in [0.2, 0.25) is 0 Å². The molecule has 28 heavy (non-hydrogen) atoms. The first-order valence-corrected chi connectivity index (χ1v) is 8.70. The van der Waals surface area contributed by atoms with Crippen molar-refractivity contribution in [1.82, 2.24) is 19.9 Å². The fraction of sp³-hybridized carbons (Fsp3) is 0.0455. The topological polar surface area (TPSA) is 77.9 Å². The molecule has 0 aliphatic rings. The molecule has 0 unspecified atom stereocenters. The first kappa shape index (κ1) is 17.5. The van der Waals surface area contributed by atoms with E-state index in [1.165, 1.54) is 6.20 Å². The Bertz CT molecular complexity index is 1050. The van der Waals surface area contributed by atoms with E-state index in [1.54, 1.807) is 30.7 Å². The SMILES string of the molecule is O=C(OCc1ccc(-c2ccccn2)nc1)c1ccc(-c2ccccn2)nc1. The van der Waals surface area contributed by atoms with Crippen LogP contribution in [0.15, 0.2) is 85.5 Å². The molecular formula is C22H16N4O2. The summed E-state index contributed by atoms with van der Waals surface area (Å²) in [6, 6.07) is 18.4. The fourth-order valence-corrected chi connectivity index (χ4v) is 2.59. The van der Waals surface area contributed by atoms with Gasteiger partial charge in [-0.15, -0.1) is 0 Å². The Balaban J connectivity index is 1.38. The van der Waals surface area contributed by atoms with E-state index in [0.717, 1.165) is 22.6 Å². The van der Waals surface area contributed by atoms with Crippen LogP contribution in [0, 0.1) is 0 Å². The molecule has 4 rings (SSSR count). The molecule has 0 atom stereocenters. The summed E-state index contributed by atoms with van der Waals surface area (Å²) < 4.78 is 5.36. The van der Waals surface area contributed by atoms with Crippen molar-refractivity contribution in [2.75, 3.05) is 0 Å². The average Bonchev–Trinajstić information content (AvgIpc) is 2.79. The molecule has 0 saturated heterocycles. The van der Waals surface area contributed by atoms with Crippen molar-refractivity contribution >= 4 is 5.97 Å². The van der Waals surface area contributed by atoms with E-state index in [4.69, 9.17) is 4.74 Å². The molecule has 6 nitrogen and oxygen atoms in total. The minimum atomic E-state index is -0.436. The van der Waals surface area contributed by atoms with Crippen LogP contribution in [0.1, 0.15) is 15.9 Å². The quantitative estimate of drug-likeness (QED) is 0.496. The maximum Gasteiger partial charge on any atom is 0.340 e. The normalized spacial score (nSPS) is 10.4. The van der Waals surface area contributed by atoms with E-state index in [1.807, 2.05) is 48.5 Å². The minimum Gasteiger partial charge on any atom is -0.457 e. The summed E-state index contributed by atoms with van der Waals surface area (Å²) in [6.45, 7) is 0.135. The van der Waals surface area contributed by atoms with Crippen LogP contribution in [0.4, 0.5) is 0 Å². The number of pyridine rings is 4. The summed E-state index contributed by atoms with van der Waals surface area (Å²) in [5, 5.41) is 0. The Hall–Kier alpha value is -3.93. The Morgan fingerprint density at radius 2 is 1.29 bits per heavy atom. The third-order valence-corrected chi connectivity index (χ3v) is 4.05. The second kappa shape index (κ2) is 8.18. The van der Waals surface area contributed by atoms with Crippen LogP contribution < -0.4 is 0 Å². The molecule has 0 aromatic carbocycles. The summed E-state index contributed by atoms with van der Waals surface area (Å²) in [6.07, 6.45) is 6.60. The van der Waals surface area contributed by atoms with Gasteiger partial charge in [0.05, 0.1) is 28.3 Å². The Kier molecular flexibility index (Phi) is 5.11. The molecule has 4 aromatic heterocycles. The molecule has 0 fully saturated rings. The maximum absolute atomic E-state index is 12.2. The molecule has 0 spiro atoms. The van der Waals surface area contributed by atoms with Crippen molar-refractivity contribution < 1.29 is 9.53 Å². The number of carbonyl (C=O) groups excluding carboxylic acids is 1. The zero-order valence-electron chi connectivity index (χ0n) is 14.9. The van der Waals surface area contributed by atoms with Crippen molar-refractivity contribution in [3.05, 3.63) is 96.6 Å². The van der Waals surface area contributed by atoms with Gasteiger partial charge in [0.15, 0.2) is 0 Å². The van der Waals surface area contributed by atoms with Gasteiger partial charge in [-0.25, -0.2) is 4.79 Å². The van der Waals surface area contributed by atoms with E-state index in [9.17, 15) is 4.79 Å². The highest BCUT2D eigenvalue weighted by Crippen LogP contribution is 2.16. The molecule has 0 aliphatic heterocycles. The number of carbonyl (C=O) groups is 1. The lowest BCUT2D eigenvalue weighted by molar-refractivity contribution is 0.0472. The molecule has 136 valence electrons. The van der Waals surface area contributed by atoms with Crippen molar-refractivity contribution in [1.29, 1.82) is 0 Å². The Morgan fingerprint density at radius 3 is 1.79 bits per heavy atom. The highest BCUT2D eigenvalue weighted by atomic mass is 16.5. The molecule has 0 aliphatic carbocycles. The van der Waals surface area contributed by atoms with Crippen molar-refractivity contribution in [3.8, 4) is 22.8 Å². The molecule has 0 radical (unpaired) electrons. The third-order valence-electron chi connectivity index (χ3n) is 4.05. The predicted octanol–water partition coefficient (Wildman–Crippen LogP) is 3.96. The summed E-state index contributed by atoms with van der Waals surface area (Å²) >= 11 is 0. The number of nitrogens with zero attached hydrogens (tertiary/aromatic N) is 4. The Labute approximate surface area is 161 Å². The smallest absolute Gasteiger partial charge is 0.340 e. The lowest BCUT2D eigenvalue weighted by Crippen LogP contribution is -2.06. The molecule has 0 bridgehead atoms. The standard InChI is InChI=1S/C22H16N4O2/c27-22(17-8-10-21(26-14-17)19-6-2-4-12-24-19)28-15-16-7-9-20(25-13-16)18-5-1-3-11-23-18/h1-14H,15H2. The molecule has 0 saturated carbocycles. The zero-order chi connectivity index (χ0) is 19.2. The first-order chi connectivity index (χ1) is 13.8. The van der Waals surface area contributed by atoms with Gasteiger partial charge >= 0.3 is 5.97 Å². The fourth-order valence-electron chi connectivity index (χ4n) is 2.59. The number of hydrogen-bond acceptors (Lipinski definition) is 6. The molecular weight excluding hydrogens is 352 g/mol. The van der Waals surface area contributed by atoms with Crippen LogP contribution in [0.25, 0.3) is 22.8 Å². The van der Waals surface area contributed by atoms with Gasteiger partial charge in [-0.1, -0.05) is 18.2 Å². The molecule has 4 heterocycles. The molecule has 0 N–H and O–H groups in total. The highest BCUT2D eigenvalue weighted by Gasteiger charge is 2.10. The Morgan fingerprint density at radius 1 is 0.679 bits per heavy atom. The van der Waals surface area contributed by atoms with Gasteiger partial charge < -0.3 is 4.74 Å². The second-order valence-corrected chi connectivity index (χ2v) is 5.99. The van der Waals surface area contributed by atoms with Crippen molar-refractivity contribution in [2.24, 2.45) is 0 Å². The molecule has 4 aromatic rings. The maximum atomic E-state index is 12.2. The second-order valence-electron chi connectivity index (χ2n) is 5.99. The monoisotopic (exact) mass is 368 g/mol. The average molecular weight is 368 g/mol. The van der Waals surface area contributed by atoms with Crippen molar-refractivity contribution in [2.45, 2.75) is 6.61 Å². The van der Waals surface area contributed by atoms with Crippen LogP contribution in [0.5, 0.6) is 0 Å². The molecule has 6 heteroatoms. The van der Waals surface area contributed by atoms with E-state index in [-0.39, 0.29) is 6.61 Å². The number of ether oxygens (including phenoxy) is 1. The van der Waals surface area contributed by atoms with Gasteiger partial charge in [-0.3, -0.25) is 19.9 Å². The zero-order valence-corrected chi connectivity index (χ0v) is 14.9. The van der Waals surface area contributed by atoms with Crippen LogP contribution in [0.2, 0.25) is 0 Å². The largest absolute Gasteiger partial charge is 0.457 e. The summed E-state index contributed by atoms with van der Waals surface area (Å²) in [7, 11) is 0. The minimum absolute atomic E-state index is 0.135. The number of rotatable bonds is 5. The summed E-state index contributed by atoms with van der Waals surface area (Å²) in [5.41, 5.74) is 4.20.